The Morgan fingerprint density at radius 1 is 0.911 bits per heavy atom. The fraction of sp³-hybridized carbons (Fsp3) is 0.421. The summed E-state index contributed by atoms with van der Waals surface area (Å²) in [5.74, 6) is 0.102. The van der Waals surface area contributed by atoms with Gasteiger partial charge in [0.2, 0.25) is 0 Å². The van der Waals surface area contributed by atoms with Crippen LogP contribution in [0.4, 0.5) is 4.79 Å². The number of alkyl carbamates (subject to hydrolysis) is 1. The Hall–Kier alpha value is -3.94. The van der Waals surface area contributed by atoms with Gasteiger partial charge in [-0.15, -0.1) is 0 Å². The van der Waals surface area contributed by atoms with Crippen molar-refractivity contribution in [1.82, 2.24) is 20.4 Å². The molecule has 5 rings (SSSR count). The lowest BCUT2D eigenvalue weighted by Crippen LogP contribution is -2.58. The summed E-state index contributed by atoms with van der Waals surface area (Å²) in [5, 5.41) is 11.3. The molecule has 0 spiro atoms. The molecule has 7 nitrogen and oxygen atoms in total. The summed E-state index contributed by atoms with van der Waals surface area (Å²) in [7, 11) is 0. The molecule has 4 aromatic carbocycles. The number of carbonyl (C=O) groups is 2. The summed E-state index contributed by atoms with van der Waals surface area (Å²) in [6.07, 6.45) is 2.81. The van der Waals surface area contributed by atoms with E-state index in [1.807, 2.05) is 56.0 Å². The number of rotatable bonds is 11. The van der Waals surface area contributed by atoms with E-state index in [1.54, 1.807) is 0 Å². The topological polar surface area (TPSA) is 73.9 Å². The first kappa shape index (κ1) is 32.5. The van der Waals surface area contributed by atoms with E-state index in [2.05, 4.69) is 77.1 Å². The maximum absolute atomic E-state index is 13.8. The molecule has 45 heavy (non-hydrogen) atoms. The molecule has 1 saturated heterocycles. The number of hydrogen-bond acceptors (Lipinski definition) is 5. The minimum absolute atomic E-state index is 0.00608. The van der Waals surface area contributed by atoms with Crippen molar-refractivity contribution in [1.29, 1.82) is 0 Å². The third-order valence-electron chi connectivity index (χ3n) is 8.56. The molecule has 4 aromatic rings. The van der Waals surface area contributed by atoms with Crippen LogP contribution >= 0.6 is 0 Å². The van der Waals surface area contributed by atoms with Gasteiger partial charge in [-0.1, -0.05) is 92.6 Å². The number of benzene rings is 4. The summed E-state index contributed by atoms with van der Waals surface area (Å²) >= 11 is 0. The molecule has 2 amide bonds. The second kappa shape index (κ2) is 14.9. The van der Waals surface area contributed by atoms with Crippen LogP contribution in [0.2, 0.25) is 0 Å². The van der Waals surface area contributed by atoms with Crippen LogP contribution in [0.1, 0.15) is 62.9 Å². The summed E-state index contributed by atoms with van der Waals surface area (Å²) in [6, 6.07) is 29.3. The summed E-state index contributed by atoms with van der Waals surface area (Å²) in [4.78, 5) is 31.0. The van der Waals surface area contributed by atoms with Crippen molar-refractivity contribution < 1.29 is 14.3 Å². The zero-order valence-corrected chi connectivity index (χ0v) is 27.2. The number of ether oxygens (including phenoxy) is 1. The van der Waals surface area contributed by atoms with Crippen molar-refractivity contribution in [2.75, 3.05) is 32.7 Å². The number of nitrogens with zero attached hydrogens (tertiary/aromatic N) is 2. The van der Waals surface area contributed by atoms with E-state index in [1.165, 1.54) is 16.3 Å². The van der Waals surface area contributed by atoms with Crippen LogP contribution < -0.4 is 10.6 Å². The van der Waals surface area contributed by atoms with E-state index in [0.29, 0.717) is 26.2 Å². The molecule has 1 fully saturated rings. The molecule has 0 radical (unpaired) electrons. The van der Waals surface area contributed by atoms with Crippen LogP contribution in [0.15, 0.2) is 84.9 Å². The molecular weight excluding hydrogens is 560 g/mol. The molecule has 238 valence electrons. The Labute approximate surface area is 267 Å². The lowest BCUT2D eigenvalue weighted by Gasteiger charge is -2.43. The van der Waals surface area contributed by atoms with Gasteiger partial charge in [-0.3, -0.25) is 9.69 Å². The van der Waals surface area contributed by atoms with Crippen LogP contribution in [-0.2, 0) is 11.3 Å². The first-order chi connectivity index (χ1) is 21.7. The molecular formula is C38H48N4O3. The highest BCUT2D eigenvalue weighted by Crippen LogP contribution is 2.23. The van der Waals surface area contributed by atoms with Gasteiger partial charge in [-0.25, -0.2) is 4.79 Å². The fourth-order valence-electron chi connectivity index (χ4n) is 6.23. The Bertz CT molecular complexity index is 1590. The average molecular weight is 609 g/mol. The minimum Gasteiger partial charge on any atom is -0.444 e. The molecule has 2 unspecified atom stereocenters. The molecule has 0 saturated carbocycles. The second-order valence-electron chi connectivity index (χ2n) is 13.2. The zero-order valence-electron chi connectivity index (χ0n) is 27.2. The van der Waals surface area contributed by atoms with Crippen molar-refractivity contribution in [3.63, 3.8) is 0 Å². The van der Waals surface area contributed by atoms with Gasteiger partial charge >= 0.3 is 6.09 Å². The Morgan fingerprint density at radius 3 is 2.42 bits per heavy atom. The number of carbonyl (C=O) groups excluding carboxylic acids is 2. The smallest absolute Gasteiger partial charge is 0.407 e. The Morgan fingerprint density at radius 2 is 1.64 bits per heavy atom. The number of amides is 2. The van der Waals surface area contributed by atoms with E-state index in [0.717, 1.165) is 48.7 Å². The lowest BCUT2D eigenvalue weighted by molar-refractivity contribution is 0.0406. The van der Waals surface area contributed by atoms with Crippen molar-refractivity contribution in [2.24, 2.45) is 0 Å². The Kier molecular flexibility index (Phi) is 10.7. The highest BCUT2D eigenvalue weighted by molar-refractivity contribution is 6.07. The van der Waals surface area contributed by atoms with Crippen LogP contribution in [-0.4, -0.2) is 72.2 Å². The van der Waals surface area contributed by atoms with E-state index in [9.17, 15) is 9.59 Å². The van der Waals surface area contributed by atoms with E-state index in [4.69, 9.17) is 4.74 Å². The number of fused-ring (bicyclic) bond motifs is 2. The fourth-order valence-corrected chi connectivity index (χ4v) is 6.23. The lowest BCUT2D eigenvalue weighted by atomic mass is 10.0. The molecule has 0 bridgehead atoms. The minimum atomic E-state index is -0.559. The van der Waals surface area contributed by atoms with Gasteiger partial charge in [0.05, 0.1) is 0 Å². The molecule has 0 aromatic heterocycles. The van der Waals surface area contributed by atoms with Gasteiger partial charge in [-0.2, -0.15) is 0 Å². The van der Waals surface area contributed by atoms with Gasteiger partial charge in [0, 0.05) is 56.9 Å². The van der Waals surface area contributed by atoms with Crippen molar-refractivity contribution in [2.45, 2.75) is 71.2 Å². The largest absolute Gasteiger partial charge is 0.444 e. The molecule has 0 aliphatic carbocycles. The predicted octanol–water partition coefficient (Wildman–Crippen LogP) is 6.99. The SMILES string of the molecule is CCCCC1CN(C(=O)c2cccc3ccccc23)CCN1CC(CNC(=O)OC(C)(C)C)NCc1ccc2ccccc2c1. The first-order valence-electron chi connectivity index (χ1n) is 16.4. The zero-order chi connectivity index (χ0) is 31.8. The third kappa shape index (κ3) is 8.83. The monoisotopic (exact) mass is 608 g/mol. The molecule has 1 heterocycles. The number of piperazine rings is 1. The second-order valence-corrected chi connectivity index (χ2v) is 13.2. The highest BCUT2D eigenvalue weighted by atomic mass is 16.6. The maximum atomic E-state index is 13.8. The summed E-state index contributed by atoms with van der Waals surface area (Å²) in [6.45, 7) is 11.9. The summed E-state index contributed by atoms with van der Waals surface area (Å²) < 4.78 is 5.54. The van der Waals surface area contributed by atoms with E-state index in [-0.39, 0.29) is 18.0 Å². The van der Waals surface area contributed by atoms with Gasteiger partial charge in [0.15, 0.2) is 0 Å². The molecule has 7 heteroatoms. The molecule has 2 atom stereocenters. The van der Waals surface area contributed by atoms with Gasteiger partial charge in [-0.05, 0) is 66.4 Å². The number of nitrogens with one attached hydrogen (secondary N) is 2. The Balaban J connectivity index is 1.29. The van der Waals surface area contributed by atoms with Crippen molar-refractivity contribution in [3.8, 4) is 0 Å². The van der Waals surface area contributed by atoms with Crippen LogP contribution in [0.25, 0.3) is 21.5 Å². The normalized spacial score (nSPS) is 16.5. The molecule has 1 aliphatic heterocycles. The molecule has 2 N–H and O–H groups in total. The summed E-state index contributed by atoms with van der Waals surface area (Å²) in [5.41, 5.74) is 1.41. The highest BCUT2D eigenvalue weighted by Gasteiger charge is 2.31. The molecule has 1 aliphatic rings. The predicted molar refractivity (Wildman–Crippen MR) is 184 cm³/mol. The van der Waals surface area contributed by atoms with Gasteiger partial charge in [0.25, 0.3) is 5.91 Å². The van der Waals surface area contributed by atoms with Gasteiger partial charge in [0.1, 0.15) is 5.60 Å². The van der Waals surface area contributed by atoms with Crippen molar-refractivity contribution >= 4 is 33.5 Å². The quantitative estimate of drug-likeness (QED) is 0.192. The van der Waals surface area contributed by atoms with Crippen LogP contribution in [0, 0.1) is 0 Å². The number of hydrogen-bond donors (Lipinski definition) is 2. The van der Waals surface area contributed by atoms with Crippen LogP contribution in [0.3, 0.4) is 0 Å². The maximum Gasteiger partial charge on any atom is 0.407 e. The standard InChI is InChI=1S/C38H48N4O3/c1-5-6-16-33-27-42(36(43)35-18-11-15-30-13-9-10-17-34(30)35)22-21-41(33)26-32(25-40-37(44)45-38(2,3)4)39-24-28-19-20-29-12-7-8-14-31(29)23-28/h7-15,17-20,23,32-33,39H,5-6,16,21-22,24-27H2,1-4H3,(H,40,44). The average Bonchev–Trinajstić information content (AvgIpc) is 3.04. The van der Waals surface area contributed by atoms with E-state index < -0.39 is 11.7 Å². The number of unbranched alkanes of at least 4 members (excludes halogenated alkanes) is 1. The third-order valence-corrected chi connectivity index (χ3v) is 8.56. The van der Waals surface area contributed by atoms with E-state index >= 15 is 0 Å². The van der Waals surface area contributed by atoms with Gasteiger partial charge < -0.3 is 20.3 Å². The van der Waals surface area contributed by atoms with Crippen LogP contribution in [0.5, 0.6) is 0 Å². The van der Waals surface area contributed by atoms with Crippen molar-refractivity contribution in [3.05, 3.63) is 96.1 Å². The first-order valence-corrected chi connectivity index (χ1v) is 16.4.